The van der Waals surface area contributed by atoms with Crippen molar-refractivity contribution in [2.24, 2.45) is 0 Å². The van der Waals surface area contributed by atoms with Crippen LogP contribution in [0.5, 0.6) is 0 Å². The minimum absolute atomic E-state index is 0.101. The maximum Gasteiger partial charge on any atom is 0.224 e. The van der Waals surface area contributed by atoms with Crippen LogP contribution in [0.25, 0.3) is 0 Å². The first-order chi connectivity index (χ1) is 10.3. The largest absolute Gasteiger partial charge is 0.356 e. The fourth-order valence-corrected chi connectivity index (χ4v) is 2.77. The van der Waals surface area contributed by atoms with Gasteiger partial charge in [-0.2, -0.15) is 0 Å². The van der Waals surface area contributed by atoms with Crippen molar-refractivity contribution in [2.75, 3.05) is 26.2 Å². The number of amides is 1. The van der Waals surface area contributed by atoms with E-state index in [2.05, 4.69) is 10.2 Å². The summed E-state index contributed by atoms with van der Waals surface area (Å²) >= 11 is 0. The minimum Gasteiger partial charge on any atom is -0.356 e. The second kappa shape index (κ2) is 8.78. The second-order valence-electron chi connectivity index (χ2n) is 5.73. The second-order valence-corrected chi connectivity index (χ2v) is 5.73. The summed E-state index contributed by atoms with van der Waals surface area (Å²) in [5.41, 5.74) is 0.461. The van der Waals surface area contributed by atoms with Gasteiger partial charge in [0.05, 0.1) is 6.42 Å². The molecule has 0 saturated carbocycles. The number of nitrogens with zero attached hydrogens (tertiary/aromatic N) is 1. The summed E-state index contributed by atoms with van der Waals surface area (Å²) in [5.74, 6) is -0.409. The monoisotopic (exact) mass is 292 g/mol. The molecule has 1 aromatic carbocycles. The molecule has 2 rings (SSSR count). The molecular formula is C17H25FN2O. The van der Waals surface area contributed by atoms with Crippen LogP contribution in [-0.2, 0) is 11.2 Å². The van der Waals surface area contributed by atoms with Gasteiger partial charge in [0.15, 0.2) is 0 Å². The van der Waals surface area contributed by atoms with Crippen molar-refractivity contribution < 1.29 is 9.18 Å². The number of carbonyl (C=O) groups excluding carboxylic acids is 1. The molecule has 4 heteroatoms. The number of halogens is 1. The third-order valence-corrected chi connectivity index (χ3v) is 3.98. The number of rotatable bonds is 6. The van der Waals surface area contributed by atoms with E-state index in [-0.39, 0.29) is 18.1 Å². The molecule has 0 spiro atoms. The number of hydrogen-bond donors (Lipinski definition) is 1. The first-order valence-corrected chi connectivity index (χ1v) is 7.98. The molecular weight excluding hydrogens is 267 g/mol. The Morgan fingerprint density at radius 3 is 2.57 bits per heavy atom. The first kappa shape index (κ1) is 16.0. The molecule has 3 nitrogen and oxygen atoms in total. The van der Waals surface area contributed by atoms with Gasteiger partial charge in [0.25, 0.3) is 0 Å². The maximum atomic E-state index is 13.4. The molecule has 116 valence electrons. The highest BCUT2D eigenvalue weighted by Gasteiger charge is 2.09. The molecule has 1 N–H and O–H groups in total. The van der Waals surface area contributed by atoms with Gasteiger partial charge in [0, 0.05) is 6.54 Å². The van der Waals surface area contributed by atoms with E-state index in [1.807, 2.05) is 0 Å². The average molecular weight is 292 g/mol. The van der Waals surface area contributed by atoms with Gasteiger partial charge < -0.3 is 10.2 Å². The van der Waals surface area contributed by atoms with E-state index in [4.69, 9.17) is 0 Å². The van der Waals surface area contributed by atoms with Crippen LogP contribution in [0.1, 0.15) is 37.7 Å². The fourth-order valence-electron chi connectivity index (χ4n) is 2.77. The molecule has 1 heterocycles. The summed E-state index contributed by atoms with van der Waals surface area (Å²) < 4.78 is 13.4. The lowest BCUT2D eigenvalue weighted by atomic mass is 10.1. The van der Waals surface area contributed by atoms with E-state index in [0.717, 1.165) is 13.0 Å². The molecule has 0 unspecified atom stereocenters. The van der Waals surface area contributed by atoms with Crippen LogP contribution in [0.3, 0.4) is 0 Å². The maximum absolute atomic E-state index is 13.4. The molecule has 0 bridgehead atoms. The van der Waals surface area contributed by atoms with Gasteiger partial charge in [-0.3, -0.25) is 4.79 Å². The standard InChI is InChI=1S/C17H25FN2O/c18-16-9-4-3-8-15(16)14-17(21)19-10-7-13-20-11-5-1-2-6-12-20/h3-4,8-9H,1-2,5-7,10-14H2,(H,19,21). The van der Waals surface area contributed by atoms with E-state index < -0.39 is 0 Å². The van der Waals surface area contributed by atoms with Gasteiger partial charge in [-0.15, -0.1) is 0 Å². The topological polar surface area (TPSA) is 32.3 Å². The summed E-state index contributed by atoms with van der Waals surface area (Å²) in [5, 5.41) is 2.88. The number of nitrogens with one attached hydrogen (secondary N) is 1. The molecule has 1 amide bonds. The number of benzene rings is 1. The van der Waals surface area contributed by atoms with Gasteiger partial charge >= 0.3 is 0 Å². The normalized spacial score (nSPS) is 16.4. The molecule has 21 heavy (non-hydrogen) atoms. The Morgan fingerprint density at radius 2 is 1.86 bits per heavy atom. The number of carbonyl (C=O) groups is 1. The predicted molar refractivity (Wildman–Crippen MR) is 82.6 cm³/mol. The van der Waals surface area contributed by atoms with Crippen LogP contribution < -0.4 is 5.32 Å². The van der Waals surface area contributed by atoms with E-state index in [9.17, 15) is 9.18 Å². The lowest BCUT2D eigenvalue weighted by molar-refractivity contribution is -0.120. The van der Waals surface area contributed by atoms with Crippen molar-refractivity contribution in [2.45, 2.75) is 38.5 Å². The molecule has 1 aliphatic rings. The van der Waals surface area contributed by atoms with Crippen molar-refractivity contribution in [3.8, 4) is 0 Å². The fraction of sp³-hybridized carbons (Fsp3) is 0.588. The van der Waals surface area contributed by atoms with Gasteiger partial charge in [0.2, 0.25) is 5.91 Å². The van der Waals surface area contributed by atoms with Gasteiger partial charge in [-0.25, -0.2) is 4.39 Å². The van der Waals surface area contributed by atoms with E-state index in [1.54, 1.807) is 18.2 Å². The lowest BCUT2D eigenvalue weighted by Gasteiger charge is -2.19. The highest BCUT2D eigenvalue weighted by molar-refractivity contribution is 5.78. The van der Waals surface area contributed by atoms with Crippen LogP contribution in [0, 0.1) is 5.82 Å². The molecule has 1 aliphatic heterocycles. The van der Waals surface area contributed by atoms with E-state index in [0.29, 0.717) is 12.1 Å². The first-order valence-electron chi connectivity index (χ1n) is 7.98. The third-order valence-electron chi connectivity index (χ3n) is 3.98. The summed E-state index contributed by atoms with van der Waals surface area (Å²) in [6.07, 6.45) is 6.35. The summed E-state index contributed by atoms with van der Waals surface area (Å²) in [4.78, 5) is 14.3. The van der Waals surface area contributed by atoms with Crippen molar-refractivity contribution in [1.29, 1.82) is 0 Å². The minimum atomic E-state index is -0.308. The smallest absolute Gasteiger partial charge is 0.224 e. The summed E-state index contributed by atoms with van der Waals surface area (Å²) in [6, 6.07) is 6.44. The third kappa shape index (κ3) is 5.84. The zero-order valence-electron chi connectivity index (χ0n) is 12.6. The Balaban J connectivity index is 1.62. The highest BCUT2D eigenvalue weighted by atomic mass is 19.1. The van der Waals surface area contributed by atoms with Gasteiger partial charge in [-0.05, 0) is 50.5 Å². The number of likely N-dealkylation sites (tertiary alicyclic amines) is 1. The van der Waals surface area contributed by atoms with E-state index in [1.165, 1.54) is 44.8 Å². The van der Waals surface area contributed by atoms with Crippen LogP contribution in [0.15, 0.2) is 24.3 Å². The zero-order chi connectivity index (χ0) is 14.9. The SMILES string of the molecule is O=C(Cc1ccccc1F)NCCCN1CCCCCC1. The summed E-state index contributed by atoms with van der Waals surface area (Å²) in [6.45, 7) is 4.08. The Bertz CT molecular complexity index is 442. The lowest BCUT2D eigenvalue weighted by Crippen LogP contribution is -2.31. The molecule has 0 radical (unpaired) electrons. The van der Waals surface area contributed by atoms with Crippen LogP contribution >= 0.6 is 0 Å². The Hall–Kier alpha value is -1.42. The zero-order valence-corrected chi connectivity index (χ0v) is 12.6. The van der Waals surface area contributed by atoms with Crippen molar-refractivity contribution >= 4 is 5.91 Å². The van der Waals surface area contributed by atoms with Gasteiger partial charge in [-0.1, -0.05) is 31.0 Å². The average Bonchev–Trinajstić information content (AvgIpc) is 2.75. The molecule has 1 fully saturated rings. The Morgan fingerprint density at radius 1 is 1.14 bits per heavy atom. The van der Waals surface area contributed by atoms with Crippen molar-refractivity contribution in [3.63, 3.8) is 0 Å². The highest BCUT2D eigenvalue weighted by Crippen LogP contribution is 2.09. The summed E-state index contributed by atoms with van der Waals surface area (Å²) in [7, 11) is 0. The Labute approximate surface area is 126 Å². The van der Waals surface area contributed by atoms with Crippen LogP contribution in [0.4, 0.5) is 4.39 Å². The molecule has 1 aromatic rings. The van der Waals surface area contributed by atoms with Crippen molar-refractivity contribution in [1.82, 2.24) is 10.2 Å². The molecule has 0 aliphatic carbocycles. The predicted octanol–water partition coefficient (Wildman–Crippen LogP) is 2.75. The quantitative estimate of drug-likeness (QED) is 0.818. The van der Waals surface area contributed by atoms with Crippen LogP contribution in [0.2, 0.25) is 0 Å². The molecule has 0 aromatic heterocycles. The Kier molecular flexibility index (Phi) is 6.67. The molecule has 0 atom stereocenters. The molecule has 1 saturated heterocycles. The number of hydrogen-bond acceptors (Lipinski definition) is 2. The van der Waals surface area contributed by atoms with Gasteiger partial charge in [0.1, 0.15) is 5.82 Å². The van der Waals surface area contributed by atoms with Crippen molar-refractivity contribution in [3.05, 3.63) is 35.6 Å². The van der Waals surface area contributed by atoms with Crippen LogP contribution in [-0.4, -0.2) is 37.0 Å². The van der Waals surface area contributed by atoms with E-state index >= 15 is 0 Å².